The second kappa shape index (κ2) is 9.81. The van der Waals surface area contributed by atoms with Gasteiger partial charge in [-0.25, -0.2) is 9.59 Å². The van der Waals surface area contributed by atoms with Crippen LogP contribution in [0, 0.1) is 6.92 Å². The molecular formula is C27H32N4O3. The molecule has 34 heavy (non-hydrogen) atoms. The average molecular weight is 461 g/mol. The van der Waals surface area contributed by atoms with Crippen molar-refractivity contribution in [1.29, 1.82) is 0 Å². The molecule has 4 rings (SSSR count). The molecule has 1 aliphatic heterocycles. The highest BCUT2D eigenvalue weighted by molar-refractivity contribution is 5.88. The van der Waals surface area contributed by atoms with Crippen molar-refractivity contribution in [2.45, 2.75) is 39.8 Å². The van der Waals surface area contributed by atoms with E-state index >= 15 is 0 Å². The molecule has 1 amide bonds. The Bertz CT molecular complexity index is 1160. The first-order valence-corrected chi connectivity index (χ1v) is 11.7. The quantitative estimate of drug-likeness (QED) is 0.533. The van der Waals surface area contributed by atoms with Crippen LogP contribution >= 0.6 is 0 Å². The average Bonchev–Trinajstić information content (AvgIpc) is 3.31. The second-order valence-electron chi connectivity index (χ2n) is 9.70. The Labute approximate surface area is 200 Å². The normalized spacial score (nSPS) is 14.8. The number of benzene rings is 2. The fraction of sp³-hybridized carbons (Fsp3) is 0.370. The van der Waals surface area contributed by atoms with E-state index < -0.39 is 11.6 Å². The molecule has 1 aromatic heterocycles. The van der Waals surface area contributed by atoms with E-state index in [1.165, 1.54) is 39.2 Å². The lowest BCUT2D eigenvalue weighted by Gasteiger charge is -2.34. The molecule has 2 aromatic carbocycles. The van der Waals surface area contributed by atoms with Crippen molar-refractivity contribution < 1.29 is 14.3 Å². The van der Waals surface area contributed by atoms with E-state index in [1.807, 2.05) is 6.07 Å². The van der Waals surface area contributed by atoms with E-state index in [9.17, 15) is 9.59 Å². The standard InChI is InChI=1S/C27H32N4O3/c1-20-18-22(21-8-6-5-7-9-21)10-11-23(20)19-29-14-16-30(17-15-29)26(33)31-13-12-24(28-31)25(32)34-27(2,3)4/h5-13,18H,14-17,19H2,1-4H3. The predicted molar refractivity (Wildman–Crippen MR) is 132 cm³/mol. The summed E-state index contributed by atoms with van der Waals surface area (Å²) < 4.78 is 6.55. The molecule has 0 N–H and O–H groups in total. The monoisotopic (exact) mass is 460 g/mol. The summed E-state index contributed by atoms with van der Waals surface area (Å²) in [6, 6.07) is 18.3. The van der Waals surface area contributed by atoms with Crippen molar-refractivity contribution in [2.75, 3.05) is 26.2 Å². The van der Waals surface area contributed by atoms with E-state index in [-0.39, 0.29) is 11.7 Å². The fourth-order valence-corrected chi connectivity index (χ4v) is 4.04. The third kappa shape index (κ3) is 5.72. The largest absolute Gasteiger partial charge is 0.455 e. The van der Waals surface area contributed by atoms with Crippen LogP contribution in [0.25, 0.3) is 11.1 Å². The molecule has 0 bridgehead atoms. The number of piperazine rings is 1. The number of rotatable bonds is 4. The maximum atomic E-state index is 12.9. The van der Waals surface area contributed by atoms with Crippen LogP contribution in [-0.4, -0.2) is 63.4 Å². The summed E-state index contributed by atoms with van der Waals surface area (Å²) in [6.07, 6.45) is 1.52. The molecule has 178 valence electrons. The number of aryl methyl sites for hydroxylation is 1. The highest BCUT2D eigenvalue weighted by Crippen LogP contribution is 2.23. The highest BCUT2D eigenvalue weighted by Gasteiger charge is 2.25. The number of carbonyl (C=O) groups is 2. The van der Waals surface area contributed by atoms with Crippen molar-refractivity contribution >= 4 is 12.0 Å². The summed E-state index contributed by atoms with van der Waals surface area (Å²) in [4.78, 5) is 29.2. The van der Waals surface area contributed by atoms with Crippen LogP contribution in [0.5, 0.6) is 0 Å². The van der Waals surface area contributed by atoms with Crippen molar-refractivity contribution in [3.63, 3.8) is 0 Å². The van der Waals surface area contributed by atoms with Gasteiger partial charge in [0, 0.05) is 38.9 Å². The van der Waals surface area contributed by atoms with Crippen molar-refractivity contribution in [3.8, 4) is 11.1 Å². The fourth-order valence-electron chi connectivity index (χ4n) is 4.04. The molecule has 7 nitrogen and oxygen atoms in total. The molecule has 1 fully saturated rings. The van der Waals surface area contributed by atoms with E-state index in [4.69, 9.17) is 4.74 Å². The van der Waals surface area contributed by atoms with Crippen LogP contribution < -0.4 is 0 Å². The van der Waals surface area contributed by atoms with Crippen molar-refractivity contribution in [2.24, 2.45) is 0 Å². The lowest BCUT2D eigenvalue weighted by molar-refractivity contribution is 0.00623. The number of ether oxygens (including phenoxy) is 1. The minimum Gasteiger partial charge on any atom is -0.455 e. The Kier molecular flexibility index (Phi) is 6.84. The zero-order valence-corrected chi connectivity index (χ0v) is 20.3. The first kappa shape index (κ1) is 23.7. The molecule has 0 radical (unpaired) electrons. The van der Waals surface area contributed by atoms with E-state index in [0.717, 1.165) is 19.6 Å². The topological polar surface area (TPSA) is 67.7 Å². The first-order valence-electron chi connectivity index (χ1n) is 11.7. The zero-order valence-electron chi connectivity index (χ0n) is 20.3. The molecular weight excluding hydrogens is 428 g/mol. The van der Waals surface area contributed by atoms with E-state index in [2.05, 4.69) is 59.4 Å². The SMILES string of the molecule is Cc1cc(-c2ccccc2)ccc1CN1CCN(C(=O)n2ccc(C(=O)OC(C)(C)C)n2)CC1. The maximum absolute atomic E-state index is 12.9. The van der Waals surface area contributed by atoms with E-state index in [1.54, 1.807) is 25.7 Å². The minimum atomic E-state index is -0.610. The number of carbonyl (C=O) groups excluding carboxylic acids is 2. The molecule has 3 aromatic rings. The molecule has 0 atom stereocenters. The van der Waals surface area contributed by atoms with Crippen molar-refractivity contribution in [1.82, 2.24) is 19.6 Å². The Hall–Kier alpha value is -3.45. The van der Waals surface area contributed by atoms with Crippen LogP contribution in [-0.2, 0) is 11.3 Å². The predicted octanol–water partition coefficient (Wildman–Crippen LogP) is 4.60. The number of hydrogen-bond acceptors (Lipinski definition) is 5. The minimum absolute atomic E-state index is 0.135. The number of amides is 1. The van der Waals surface area contributed by atoms with Gasteiger partial charge in [0.25, 0.3) is 0 Å². The third-order valence-corrected chi connectivity index (χ3v) is 5.88. The molecule has 0 spiro atoms. The molecule has 0 unspecified atom stereocenters. The summed E-state index contributed by atoms with van der Waals surface area (Å²) >= 11 is 0. The number of hydrogen-bond donors (Lipinski definition) is 0. The van der Waals surface area contributed by atoms with Gasteiger partial charge in [0.05, 0.1) is 0 Å². The maximum Gasteiger partial charge on any atom is 0.359 e. The first-order chi connectivity index (χ1) is 16.2. The summed E-state index contributed by atoms with van der Waals surface area (Å²) in [5, 5.41) is 4.14. The van der Waals surface area contributed by atoms with Crippen LogP contribution in [0.3, 0.4) is 0 Å². The molecule has 0 saturated carbocycles. The Morgan fingerprint density at radius 1 is 0.941 bits per heavy atom. The zero-order chi connectivity index (χ0) is 24.3. The van der Waals surface area contributed by atoms with Gasteiger partial charge in [-0.3, -0.25) is 4.90 Å². The molecule has 1 aliphatic rings. The van der Waals surface area contributed by atoms with Gasteiger partial charge in [-0.1, -0.05) is 48.5 Å². The lowest BCUT2D eigenvalue weighted by atomic mass is 9.99. The van der Waals surface area contributed by atoms with Gasteiger partial charge in [0.15, 0.2) is 5.69 Å². The van der Waals surface area contributed by atoms with Gasteiger partial charge in [0.2, 0.25) is 0 Å². The van der Waals surface area contributed by atoms with Gasteiger partial charge in [-0.15, -0.1) is 0 Å². The Morgan fingerprint density at radius 3 is 2.29 bits per heavy atom. The van der Waals surface area contributed by atoms with Crippen LogP contribution in [0.2, 0.25) is 0 Å². The van der Waals surface area contributed by atoms with Gasteiger partial charge >= 0.3 is 12.0 Å². The molecule has 0 aliphatic carbocycles. The van der Waals surface area contributed by atoms with E-state index in [0.29, 0.717) is 13.1 Å². The Balaban J connectivity index is 1.32. The summed E-state index contributed by atoms with van der Waals surface area (Å²) in [5.41, 5.74) is 4.54. The van der Waals surface area contributed by atoms with Gasteiger partial charge < -0.3 is 9.64 Å². The van der Waals surface area contributed by atoms with Gasteiger partial charge in [-0.05, 0) is 56.0 Å². The summed E-state index contributed by atoms with van der Waals surface area (Å²) in [5.74, 6) is -0.530. The summed E-state index contributed by atoms with van der Waals surface area (Å²) in [7, 11) is 0. The smallest absolute Gasteiger partial charge is 0.359 e. The summed E-state index contributed by atoms with van der Waals surface area (Å²) in [6.45, 7) is 11.2. The van der Waals surface area contributed by atoms with Crippen molar-refractivity contribution in [3.05, 3.63) is 77.6 Å². The number of esters is 1. The van der Waals surface area contributed by atoms with Crippen LogP contribution in [0.15, 0.2) is 60.8 Å². The molecule has 1 saturated heterocycles. The molecule has 7 heteroatoms. The second-order valence-corrected chi connectivity index (χ2v) is 9.70. The third-order valence-electron chi connectivity index (χ3n) is 5.88. The molecule has 2 heterocycles. The van der Waals surface area contributed by atoms with Gasteiger partial charge in [-0.2, -0.15) is 9.78 Å². The van der Waals surface area contributed by atoms with Gasteiger partial charge in [0.1, 0.15) is 5.60 Å². The lowest BCUT2D eigenvalue weighted by Crippen LogP contribution is -2.49. The highest BCUT2D eigenvalue weighted by atomic mass is 16.6. The number of aromatic nitrogens is 2. The van der Waals surface area contributed by atoms with Crippen LogP contribution in [0.4, 0.5) is 4.79 Å². The van der Waals surface area contributed by atoms with Crippen LogP contribution in [0.1, 0.15) is 42.4 Å². The Morgan fingerprint density at radius 2 is 1.65 bits per heavy atom. The number of nitrogens with zero attached hydrogens (tertiary/aromatic N) is 4.